The molecule has 0 unspecified atom stereocenters. The molecule has 4 aromatic rings. The number of carbonyl (C=O) groups excluding carboxylic acids is 3. The van der Waals surface area contributed by atoms with E-state index in [0.717, 1.165) is 15.2 Å². The van der Waals surface area contributed by atoms with Gasteiger partial charge in [0.25, 0.3) is 11.8 Å². The predicted octanol–water partition coefficient (Wildman–Crippen LogP) is 4.25. The lowest BCUT2D eigenvalue weighted by Crippen LogP contribution is -2.32. The van der Waals surface area contributed by atoms with Crippen molar-refractivity contribution in [2.45, 2.75) is 19.4 Å². The maximum absolute atomic E-state index is 12.4. The lowest BCUT2D eigenvalue weighted by atomic mass is 10.1. The molecule has 0 spiro atoms. The molecule has 0 saturated carbocycles. The van der Waals surface area contributed by atoms with Crippen molar-refractivity contribution >= 4 is 39.3 Å². The van der Waals surface area contributed by atoms with Gasteiger partial charge in [0.2, 0.25) is 5.91 Å². The number of thiazole rings is 1. The zero-order valence-corrected chi connectivity index (χ0v) is 17.9. The first-order chi connectivity index (χ1) is 15.6. The van der Waals surface area contributed by atoms with Crippen LogP contribution in [-0.2, 0) is 11.3 Å². The Labute approximate surface area is 187 Å². The van der Waals surface area contributed by atoms with E-state index in [1.807, 2.05) is 36.4 Å². The molecule has 1 aliphatic heterocycles. The minimum atomic E-state index is -0.302. The molecule has 0 bridgehead atoms. The number of carbonyl (C=O) groups is 3. The number of hydrogen-bond acceptors (Lipinski definition) is 6. The summed E-state index contributed by atoms with van der Waals surface area (Å²) in [5.74, 6) is 0.529. The van der Waals surface area contributed by atoms with Crippen LogP contribution in [0.5, 0.6) is 0 Å². The fraction of sp³-hybridized carbons (Fsp3) is 0.167. The lowest BCUT2D eigenvalue weighted by Gasteiger charge is -2.13. The van der Waals surface area contributed by atoms with Gasteiger partial charge in [0, 0.05) is 13.0 Å². The van der Waals surface area contributed by atoms with Gasteiger partial charge in [-0.2, -0.15) is 0 Å². The van der Waals surface area contributed by atoms with E-state index in [1.165, 1.54) is 4.90 Å². The van der Waals surface area contributed by atoms with Crippen LogP contribution in [0.1, 0.15) is 39.3 Å². The highest BCUT2D eigenvalue weighted by Gasteiger charge is 2.34. The normalized spacial score (nSPS) is 13.1. The van der Waals surface area contributed by atoms with Crippen molar-refractivity contribution in [2.75, 3.05) is 6.54 Å². The molecule has 0 atom stereocenters. The van der Waals surface area contributed by atoms with Crippen LogP contribution in [-0.4, -0.2) is 34.2 Å². The van der Waals surface area contributed by atoms with Crippen LogP contribution in [0.15, 0.2) is 65.1 Å². The van der Waals surface area contributed by atoms with E-state index < -0.39 is 0 Å². The molecule has 5 rings (SSSR count). The highest BCUT2D eigenvalue weighted by atomic mass is 32.1. The molecule has 2 aromatic carbocycles. The maximum atomic E-state index is 12.4. The zero-order chi connectivity index (χ0) is 22.1. The van der Waals surface area contributed by atoms with Gasteiger partial charge >= 0.3 is 0 Å². The minimum Gasteiger partial charge on any atom is -0.457 e. The smallest absolute Gasteiger partial charge is 0.261 e. The second-order valence-electron chi connectivity index (χ2n) is 7.44. The molecule has 8 heteroatoms. The van der Waals surface area contributed by atoms with Gasteiger partial charge in [-0.1, -0.05) is 24.3 Å². The van der Waals surface area contributed by atoms with Crippen LogP contribution >= 0.6 is 11.3 Å². The molecule has 1 N–H and O–H groups in total. The molecule has 7 nitrogen and oxygen atoms in total. The van der Waals surface area contributed by atoms with Crippen LogP contribution in [0.2, 0.25) is 0 Å². The number of rotatable bonds is 7. The summed E-state index contributed by atoms with van der Waals surface area (Å²) in [5, 5.41) is 3.61. The monoisotopic (exact) mass is 445 g/mol. The lowest BCUT2D eigenvalue weighted by molar-refractivity contribution is -0.121. The average Bonchev–Trinajstić information content (AvgIpc) is 3.51. The Balaban J connectivity index is 1.11. The third kappa shape index (κ3) is 3.80. The third-order valence-corrected chi connectivity index (χ3v) is 6.34. The topological polar surface area (TPSA) is 92.5 Å². The first kappa shape index (κ1) is 20.1. The number of aromatic nitrogens is 1. The molecule has 1 aliphatic rings. The van der Waals surface area contributed by atoms with Crippen molar-refractivity contribution in [1.29, 1.82) is 0 Å². The molecule has 0 aliphatic carbocycles. The van der Waals surface area contributed by atoms with E-state index in [9.17, 15) is 14.4 Å². The molecule has 0 saturated heterocycles. The fourth-order valence-corrected chi connectivity index (χ4v) is 4.61. The molecular formula is C24H19N3O4S. The molecule has 160 valence electrons. The zero-order valence-electron chi connectivity index (χ0n) is 17.0. The van der Waals surface area contributed by atoms with Gasteiger partial charge in [-0.25, -0.2) is 4.98 Å². The SMILES string of the molecule is O=C(CCCN1C(=O)c2ccccc2C1=O)NCc1ccc(-c2nc3ccccc3s2)o1. The van der Waals surface area contributed by atoms with Crippen molar-refractivity contribution in [3.63, 3.8) is 0 Å². The Morgan fingerprint density at radius 3 is 2.44 bits per heavy atom. The number of hydrogen-bond donors (Lipinski definition) is 1. The van der Waals surface area contributed by atoms with Gasteiger partial charge in [0.1, 0.15) is 5.76 Å². The Kier molecular flexibility index (Phi) is 5.28. The molecule has 3 amide bonds. The standard InChI is InChI=1S/C24H19N3O4S/c28-21(10-5-13-27-23(29)16-6-1-2-7-17(16)24(27)30)25-14-15-11-12-19(31-15)22-26-18-8-3-4-9-20(18)32-22/h1-4,6-9,11-12H,5,10,13-14H2,(H,25,28). The fourth-order valence-electron chi connectivity index (χ4n) is 3.68. The summed E-state index contributed by atoms with van der Waals surface area (Å²) in [6.07, 6.45) is 0.602. The second kappa shape index (κ2) is 8.39. The first-order valence-electron chi connectivity index (χ1n) is 10.3. The number of benzene rings is 2. The Bertz CT molecular complexity index is 1270. The molecule has 2 aromatic heterocycles. The van der Waals surface area contributed by atoms with Gasteiger partial charge < -0.3 is 9.73 Å². The molecule has 3 heterocycles. The van der Waals surface area contributed by atoms with Crippen LogP contribution in [0.25, 0.3) is 21.0 Å². The van der Waals surface area contributed by atoms with E-state index >= 15 is 0 Å². The van der Waals surface area contributed by atoms with E-state index in [-0.39, 0.29) is 37.2 Å². The van der Waals surface area contributed by atoms with E-state index in [0.29, 0.717) is 29.1 Å². The summed E-state index contributed by atoms with van der Waals surface area (Å²) < 4.78 is 6.92. The number of nitrogens with one attached hydrogen (secondary N) is 1. The number of para-hydroxylation sites is 1. The summed E-state index contributed by atoms with van der Waals surface area (Å²) in [6.45, 7) is 0.471. The highest BCUT2D eigenvalue weighted by molar-refractivity contribution is 7.21. The molecule has 0 radical (unpaired) electrons. The predicted molar refractivity (Wildman–Crippen MR) is 120 cm³/mol. The number of imide groups is 1. The van der Waals surface area contributed by atoms with E-state index in [1.54, 1.807) is 35.6 Å². The summed E-state index contributed by atoms with van der Waals surface area (Å²) in [6, 6.07) is 18.3. The Morgan fingerprint density at radius 2 is 1.69 bits per heavy atom. The summed E-state index contributed by atoms with van der Waals surface area (Å²) in [5.41, 5.74) is 1.77. The van der Waals surface area contributed by atoms with Crippen LogP contribution in [0.4, 0.5) is 0 Å². The van der Waals surface area contributed by atoms with Gasteiger partial charge in [-0.15, -0.1) is 11.3 Å². The molecular weight excluding hydrogens is 426 g/mol. The molecule has 0 fully saturated rings. The second-order valence-corrected chi connectivity index (χ2v) is 8.47. The van der Waals surface area contributed by atoms with Gasteiger partial charge in [0.05, 0.1) is 27.9 Å². The molecule has 32 heavy (non-hydrogen) atoms. The maximum Gasteiger partial charge on any atom is 0.261 e. The Hall–Kier alpha value is -3.78. The number of fused-ring (bicyclic) bond motifs is 2. The number of furan rings is 1. The van der Waals surface area contributed by atoms with Crippen LogP contribution < -0.4 is 5.32 Å². The van der Waals surface area contributed by atoms with Crippen LogP contribution in [0.3, 0.4) is 0 Å². The van der Waals surface area contributed by atoms with Gasteiger partial charge in [-0.05, 0) is 42.8 Å². The van der Waals surface area contributed by atoms with Crippen molar-refractivity contribution in [2.24, 2.45) is 0 Å². The first-order valence-corrected chi connectivity index (χ1v) is 11.1. The summed E-state index contributed by atoms with van der Waals surface area (Å²) in [4.78, 5) is 42.7. The largest absolute Gasteiger partial charge is 0.457 e. The third-order valence-electron chi connectivity index (χ3n) is 5.29. The average molecular weight is 446 g/mol. The van der Waals surface area contributed by atoms with Gasteiger partial charge in [-0.3, -0.25) is 19.3 Å². The Morgan fingerprint density at radius 1 is 0.969 bits per heavy atom. The minimum absolute atomic E-state index is 0.167. The summed E-state index contributed by atoms with van der Waals surface area (Å²) >= 11 is 1.56. The van der Waals surface area contributed by atoms with Crippen molar-refractivity contribution in [3.05, 3.63) is 77.6 Å². The number of nitrogens with zero attached hydrogens (tertiary/aromatic N) is 2. The van der Waals surface area contributed by atoms with Crippen molar-refractivity contribution in [1.82, 2.24) is 15.2 Å². The van der Waals surface area contributed by atoms with Crippen molar-refractivity contribution < 1.29 is 18.8 Å². The van der Waals surface area contributed by atoms with Crippen LogP contribution in [0, 0.1) is 0 Å². The highest BCUT2D eigenvalue weighted by Crippen LogP contribution is 2.31. The van der Waals surface area contributed by atoms with E-state index in [4.69, 9.17) is 4.42 Å². The van der Waals surface area contributed by atoms with Crippen molar-refractivity contribution in [3.8, 4) is 10.8 Å². The van der Waals surface area contributed by atoms with Gasteiger partial charge in [0.15, 0.2) is 10.8 Å². The summed E-state index contributed by atoms with van der Waals surface area (Å²) in [7, 11) is 0. The van der Waals surface area contributed by atoms with E-state index in [2.05, 4.69) is 10.3 Å². The number of amides is 3. The quantitative estimate of drug-likeness (QED) is 0.430.